The molecule has 0 unspecified atom stereocenters. The first-order valence-corrected chi connectivity index (χ1v) is 8.62. The standard InChI is InChI=1S/C20H18N2O5/c1-27-18-8-6-11(10-17(18)22(25)26)19-14-4-2-3-13(14)15-9-12(20(23)24)5-7-16(15)21-19/h2-3,5-10,13-14,19,21H,4H2,1H3,(H,23,24)/t13-,14-,19-/m1/s1. The lowest BCUT2D eigenvalue weighted by molar-refractivity contribution is -0.385. The number of hydrogen-bond donors (Lipinski definition) is 2. The number of nitrogens with one attached hydrogen (secondary N) is 1. The molecule has 1 aliphatic heterocycles. The molecule has 1 aliphatic carbocycles. The lowest BCUT2D eigenvalue weighted by Crippen LogP contribution is -2.29. The second kappa shape index (κ2) is 6.42. The van der Waals surface area contributed by atoms with Crippen LogP contribution in [0.25, 0.3) is 0 Å². The molecule has 2 aliphatic rings. The summed E-state index contributed by atoms with van der Waals surface area (Å²) in [6, 6.07) is 9.96. The van der Waals surface area contributed by atoms with E-state index in [1.54, 1.807) is 30.3 Å². The Balaban J connectivity index is 1.77. The minimum Gasteiger partial charge on any atom is -0.490 e. The number of carboxylic acids is 1. The molecule has 0 amide bonds. The van der Waals surface area contributed by atoms with Gasteiger partial charge in [-0.05, 0) is 47.7 Å². The zero-order chi connectivity index (χ0) is 19.1. The van der Waals surface area contributed by atoms with Crippen molar-refractivity contribution in [1.29, 1.82) is 0 Å². The number of hydrogen-bond acceptors (Lipinski definition) is 5. The van der Waals surface area contributed by atoms with Gasteiger partial charge < -0.3 is 15.2 Å². The van der Waals surface area contributed by atoms with Crippen LogP contribution in [0.2, 0.25) is 0 Å². The zero-order valence-electron chi connectivity index (χ0n) is 14.6. The number of ether oxygens (including phenoxy) is 1. The molecule has 0 saturated carbocycles. The van der Waals surface area contributed by atoms with Gasteiger partial charge in [0.1, 0.15) is 0 Å². The van der Waals surface area contributed by atoms with Crippen molar-refractivity contribution >= 4 is 17.3 Å². The van der Waals surface area contributed by atoms with E-state index in [1.807, 2.05) is 6.07 Å². The third-order valence-corrected chi connectivity index (χ3v) is 5.37. The second-order valence-electron chi connectivity index (χ2n) is 6.77. The van der Waals surface area contributed by atoms with Crippen molar-refractivity contribution in [2.45, 2.75) is 18.4 Å². The third-order valence-electron chi connectivity index (χ3n) is 5.37. The summed E-state index contributed by atoms with van der Waals surface area (Å²) in [6.07, 6.45) is 5.00. The number of nitro groups is 1. The summed E-state index contributed by atoms with van der Waals surface area (Å²) in [5.41, 5.74) is 2.82. The van der Waals surface area contributed by atoms with E-state index in [1.165, 1.54) is 7.11 Å². The number of aromatic carboxylic acids is 1. The van der Waals surface area contributed by atoms with Gasteiger partial charge in [-0.3, -0.25) is 10.1 Å². The van der Waals surface area contributed by atoms with Crippen molar-refractivity contribution in [2.75, 3.05) is 12.4 Å². The van der Waals surface area contributed by atoms with Crippen LogP contribution in [-0.2, 0) is 0 Å². The molecule has 3 atom stereocenters. The van der Waals surface area contributed by atoms with E-state index in [9.17, 15) is 20.0 Å². The minimum absolute atomic E-state index is 0.0636. The van der Waals surface area contributed by atoms with Crippen LogP contribution in [0.3, 0.4) is 0 Å². The Hall–Kier alpha value is -3.35. The van der Waals surface area contributed by atoms with Gasteiger partial charge in [0.25, 0.3) is 0 Å². The van der Waals surface area contributed by atoms with Crippen molar-refractivity contribution in [3.63, 3.8) is 0 Å². The van der Waals surface area contributed by atoms with Gasteiger partial charge in [0.15, 0.2) is 5.75 Å². The first kappa shape index (κ1) is 17.1. The number of anilines is 1. The topological polar surface area (TPSA) is 102 Å². The molecule has 1 heterocycles. The maximum Gasteiger partial charge on any atom is 0.335 e. The number of fused-ring (bicyclic) bond motifs is 3. The lowest BCUT2D eigenvalue weighted by atomic mass is 9.76. The summed E-state index contributed by atoms with van der Waals surface area (Å²) in [5.74, 6) is -0.488. The summed E-state index contributed by atoms with van der Waals surface area (Å²) < 4.78 is 5.10. The molecule has 4 rings (SSSR count). The van der Waals surface area contributed by atoms with Crippen LogP contribution in [-0.4, -0.2) is 23.1 Å². The zero-order valence-corrected chi connectivity index (χ0v) is 14.6. The minimum atomic E-state index is -0.954. The van der Waals surface area contributed by atoms with E-state index in [4.69, 9.17) is 4.74 Å². The molecule has 138 valence electrons. The van der Waals surface area contributed by atoms with Gasteiger partial charge >= 0.3 is 11.7 Å². The number of allylic oxidation sites excluding steroid dienone is 2. The fourth-order valence-electron chi connectivity index (χ4n) is 4.10. The van der Waals surface area contributed by atoms with Crippen LogP contribution in [0.15, 0.2) is 48.6 Å². The Morgan fingerprint density at radius 3 is 2.81 bits per heavy atom. The molecule has 2 aromatic carbocycles. The molecular formula is C20H18N2O5. The van der Waals surface area contributed by atoms with Crippen molar-refractivity contribution < 1.29 is 19.6 Å². The Morgan fingerprint density at radius 1 is 1.30 bits per heavy atom. The highest BCUT2D eigenvalue weighted by molar-refractivity contribution is 5.89. The molecule has 27 heavy (non-hydrogen) atoms. The number of nitro benzene ring substituents is 1. The third kappa shape index (κ3) is 2.81. The number of methoxy groups -OCH3 is 1. The fraction of sp³-hybridized carbons (Fsp3) is 0.250. The van der Waals surface area contributed by atoms with Crippen LogP contribution < -0.4 is 10.1 Å². The van der Waals surface area contributed by atoms with Crippen LogP contribution in [0, 0.1) is 16.0 Å². The van der Waals surface area contributed by atoms with Gasteiger partial charge in [-0.15, -0.1) is 0 Å². The Kier molecular flexibility index (Phi) is 4.07. The number of rotatable bonds is 4. The van der Waals surface area contributed by atoms with Gasteiger partial charge in [-0.1, -0.05) is 18.2 Å². The number of carboxylic acid groups (broad SMARTS) is 1. The predicted octanol–water partition coefficient (Wildman–Crippen LogP) is 4.13. The lowest BCUT2D eigenvalue weighted by Gasteiger charge is -2.37. The van der Waals surface area contributed by atoms with E-state index in [0.717, 1.165) is 23.2 Å². The van der Waals surface area contributed by atoms with Crippen molar-refractivity contribution in [3.05, 3.63) is 75.4 Å². The SMILES string of the molecule is COc1ccc([C@H]2Nc3ccc(C(=O)O)cc3[C@@H]3C=CC[C@@H]23)cc1[N+](=O)[O-]. The molecule has 2 aromatic rings. The van der Waals surface area contributed by atoms with Gasteiger partial charge in [0.2, 0.25) is 0 Å². The summed E-state index contributed by atoms with van der Waals surface area (Å²) in [4.78, 5) is 22.3. The molecule has 0 spiro atoms. The van der Waals surface area contributed by atoms with Crippen LogP contribution in [0.1, 0.15) is 39.9 Å². The first-order chi connectivity index (χ1) is 13.0. The predicted molar refractivity (Wildman–Crippen MR) is 99.4 cm³/mol. The normalized spacial score (nSPS) is 22.5. The molecule has 2 N–H and O–H groups in total. The van der Waals surface area contributed by atoms with E-state index in [2.05, 4.69) is 17.5 Å². The Morgan fingerprint density at radius 2 is 2.11 bits per heavy atom. The largest absolute Gasteiger partial charge is 0.490 e. The molecule has 0 fully saturated rings. The Labute approximate surface area is 155 Å². The molecule has 0 aromatic heterocycles. The summed E-state index contributed by atoms with van der Waals surface area (Å²) in [6.45, 7) is 0. The maximum absolute atomic E-state index is 11.4. The van der Waals surface area contributed by atoms with Gasteiger partial charge in [0, 0.05) is 17.7 Å². The van der Waals surface area contributed by atoms with E-state index in [0.29, 0.717) is 0 Å². The summed E-state index contributed by atoms with van der Waals surface area (Å²) in [5, 5.41) is 24.1. The summed E-state index contributed by atoms with van der Waals surface area (Å²) >= 11 is 0. The highest BCUT2D eigenvalue weighted by Gasteiger charge is 2.38. The van der Waals surface area contributed by atoms with Gasteiger partial charge in [0.05, 0.1) is 23.6 Å². The molecule has 7 nitrogen and oxygen atoms in total. The second-order valence-corrected chi connectivity index (χ2v) is 6.77. The smallest absolute Gasteiger partial charge is 0.335 e. The molecule has 7 heteroatoms. The van der Waals surface area contributed by atoms with E-state index >= 15 is 0 Å². The van der Waals surface area contributed by atoms with Crippen LogP contribution in [0.5, 0.6) is 5.75 Å². The first-order valence-electron chi connectivity index (χ1n) is 8.62. The van der Waals surface area contributed by atoms with Crippen LogP contribution in [0.4, 0.5) is 11.4 Å². The van der Waals surface area contributed by atoms with Crippen molar-refractivity contribution in [3.8, 4) is 5.75 Å². The van der Waals surface area contributed by atoms with Crippen molar-refractivity contribution in [1.82, 2.24) is 0 Å². The maximum atomic E-state index is 11.4. The molecule has 0 radical (unpaired) electrons. The number of carbonyl (C=O) groups is 1. The average molecular weight is 366 g/mol. The quantitative estimate of drug-likeness (QED) is 0.479. The fourth-order valence-corrected chi connectivity index (χ4v) is 4.10. The van der Waals surface area contributed by atoms with E-state index < -0.39 is 10.9 Å². The van der Waals surface area contributed by atoms with Crippen molar-refractivity contribution in [2.24, 2.45) is 5.92 Å². The average Bonchev–Trinajstić information content (AvgIpc) is 3.16. The van der Waals surface area contributed by atoms with Crippen LogP contribution >= 0.6 is 0 Å². The molecule has 0 saturated heterocycles. The highest BCUT2D eigenvalue weighted by Crippen LogP contribution is 2.50. The summed E-state index contributed by atoms with van der Waals surface area (Å²) in [7, 11) is 1.41. The monoisotopic (exact) mass is 366 g/mol. The molecule has 0 bridgehead atoms. The number of benzene rings is 2. The van der Waals surface area contributed by atoms with Gasteiger partial charge in [-0.2, -0.15) is 0 Å². The van der Waals surface area contributed by atoms with Gasteiger partial charge in [-0.25, -0.2) is 4.79 Å². The molecular weight excluding hydrogens is 348 g/mol. The number of nitrogens with zero attached hydrogens (tertiary/aromatic N) is 1. The highest BCUT2D eigenvalue weighted by atomic mass is 16.6. The van der Waals surface area contributed by atoms with E-state index in [-0.39, 0.29) is 34.9 Å². The Bertz CT molecular complexity index is 969.